The lowest BCUT2D eigenvalue weighted by Gasteiger charge is -2.42. The zero-order chi connectivity index (χ0) is 38.5. The predicted octanol–water partition coefficient (Wildman–Crippen LogP) is -3.92. The molecule has 12 N–H and O–H groups in total. The molecule has 1 aromatic heterocycles. The average molecular weight is 757 g/mol. The van der Waals surface area contributed by atoms with Gasteiger partial charge in [-0.15, -0.1) is 0 Å². The van der Waals surface area contributed by atoms with Gasteiger partial charge >= 0.3 is 0 Å². The Hall–Kier alpha value is -3.71. The number of rotatable bonds is 9. The summed E-state index contributed by atoms with van der Waals surface area (Å²) in [5.74, 6) is -2.15. The second-order valence-electron chi connectivity index (χ2n) is 12.9. The van der Waals surface area contributed by atoms with Crippen LogP contribution in [0.25, 0.3) is 22.3 Å². The zero-order valence-corrected chi connectivity index (χ0v) is 27.7. The largest absolute Gasteiger partial charge is 0.508 e. The molecule has 20 heteroatoms. The summed E-state index contributed by atoms with van der Waals surface area (Å²) in [5, 5.41) is 123. The first-order valence-corrected chi connectivity index (χ1v) is 16.4. The molecule has 0 radical (unpaired) electrons. The van der Waals surface area contributed by atoms with E-state index in [-0.39, 0.29) is 22.7 Å². The van der Waals surface area contributed by atoms with Crippen LogP contribution in [0.15, 0.2) is 45.6 Å². The van der Waals surface area contributed by atoms with E-state index in [9.17, 15) is 66.1 Å². The SMILES string of the molecule is CC1OC(OCC2OC(Oc3c(-c4ccc(OC5OC(CO)C(O)C(O)C5O)cc4)oc4cc(O)cc(O)c4c3=O)C(O)C(O)C2O)C(O)C(O)C1O. The standard InChI is InChI=1S/C33H40O20/c1-10-19(37)23(41)26(44)31(48-10)47-9-17-21(39)25(43)28(46)33(52-17)53-30-22(40)18-14(36)6-12(35)7-15(18)50-29(30)11-2-4-13(5-3-11)49-32-27(45)24(42)20(38)16(8-34)51-32/h2-7,10,16-17,19-21,23-28,31-39,41-46H,8-9H2,1H3. The molecule has 0 aliphatic carbocycles. The molecular weight excluding hydrogens is 716 g/mol. The van der Waals surface area contributed by atoms with Gasteiger partial charge in [0.05, 0.1) is 19.3 Å². The van der Waals surface area contributed by atoms with Crippen molar-refractivity contribution in [2.24, 2.45) is 0 Å². The summed E-state index contributed by atoms with van der Waals surface area (Å²) in [6.45, 7) is 0.101. The number of hydrogen-bond acceptors (Lipinski definition) is 20. The molecular formula is C33H40O20. The number of ether oxygens (including phenoxy) is 6. The summed E-state index contributed by atoms with van der Waals surface area (Å²) < 4.78 is 39.2. The summed E-state index contributed by atoms with van der Waals surface area (Å²) in [4.78, 5) is 13.9. The molecule has 15 atom stereocenters. The molecule has 3 saturated heterocycles. The van der Waals surface area contributed by atoms with Gasteiger partial charge in [0.25, 0.3) is 0 Å². The molecule has 3 aliphatic rings. The summed E-state index contributed by atoms with van der Waals surface area (Å²) in [6.07, 6.45) is -24.2. The van der Waals surface area contributed by atoms with Gasteiger partial charge in [0.2, 0.25) is 23.8 Å². The van der Waals surface area contributed by atoms with E-state index in [0.717, 1.165) is 12.1 Å². The second-order valence-corrected chi connectivity index (χ2v) is 12.9. The third-order valence-electron chi connectivity index (χ3n) is 9.27. The summed E-state index contributed by atoms with van der Waals surface area (Å²) in [7, 11) is 0. The highest BCUT2D eigenvalue weighted by Crippen LogP contribution is 2.38. The van der Waals surface area contributed by atoms with E-state index in [1.807, 2.05) is 0 Å². The first kappa shape index (κ1) is 39.0. The van der Waals surface area contributed by atoms with Gasteiger partial charge in [0.1, 0.15) is 95.4 Å². The lowest BCUT2D eigenvalue weighted by Crippen LogP contribution is -2.61. The van der Waals surface area contributed by atoms with Crippen molar-refractivity contribution in [3.63, 3.8) is 0 Å². The number of aliphatic hydroxyl groups excluding tert-OH is 10. The van der Waals surface area contributed by atoms with Crippen LogP contribution in [-0.2, 0) is 18.9 Å². The van der Waals surface area contributed by atoms with Crippen molar-refractivity contribution in [1.82, 2.24) is 0 Å². The van der Waals surface area contributed by atoms with Gasteiger partial charge in [-0.25, -0.2) is 0 Å². The maximum absolute atomic E-state index is 13.9. The van der Waals surface area contributed by atoms with Crippen molar-refractivity contribution < 1.29 is 94.1 Å². The van der Waals surface area contributed by atoms with Gasteiger partial charge in [0.15, 0.2) is 12.1 Å². The molecule has 20 nitrogen and oxygen atoms in total. The Morgan fingerprint density at radius 2 is 1.23 bits per heavy atom. The van der Waals surface area contributed by atoms with Gasteiger partial charge in [0, 0.05) is 17.7 Å². The molecule has 3 aromatic rings. The molecule has 0 saturated carbocycles. The van der Waals surface area contributed by atoms with Gasteiger partial charge in [-0.3, -0.25) is 4.79 Å². The van der Waals surface area contributed by atoms with E-state index in [0.29, 0.717) is 0 Å². The fourth-order valence-corrected chi connectivity index (χ4v) is 6.16. The van der Waals surface area contributed by atoms with Crippen LogP contribution < -0.4 is 14.9 Å². The third kappa shape index (κ3) is 7.52. The normalized spacial score (nSPS) is 37.8. The lowest BCUT2D eigenvalue weighted by molar-refractivity contribution is -0.318. The molecule has 3 fully saturated rings. The van der Waals surface area contributed by atoms with Crippen LogP contribution in [0.2, 0.25) is 0 Å². The van der Waals surface area contributed by atoms with Crippen LogP contribution in [0.5, 0.6) is 23.0 Å². The fourth-order valence-electron chi connectivity index (χ4n) is 6.16. The molecule has 6 rings (SSSR count). The van der Waals surface area contributed by atoms with E-state index in [1.165, 1.54) is 31.2 Å². The highest BCUT2D eigenvalue weighted by atomic mass is 16.7. The topological polar surface area (TPSA) is 328 Å². The zero-order valence-electron chi connectivity index (χ0n) is 27.7. The number of phenols is 2. The molecule has 4 heterocycles. The van der Waals surface area contributed by atoms with E-state index in [2.05, 4.69) is 0 Å². The van der Waals surface area contributed by atoms with E-state index in [4.69, 9.17) is 32.8 Å². The van der Waals surface area contributed by atoms with E-state index >= 15 is 0 Å². The Balaban J connectivity index is 1.28. The van der Waals surface area contributed by atoms with Crippen LogP contribution in [0.3, 0.4) is 0 Å². The number of aromatic hydroxyl groups is 2. The Kier molecular flexibility index (Phi) is 11.5. The molecule has 0 amide bonds. The molecule has 15 unspecified atom stereocenters. The van der Waals surface area contributed by atoms with Gasteiger partial charge in [-0.05, 0) is 31.2 Å². The van der Waals surface area contributed by atoms with Crippen molar-refractivity contribution in [3.8, 4) is 34.3 Å². The Morgan fingerprint density at radius 1 is 0.660 bits per heavy atom. The number of fused-ring (bicyclic) bond motifs is 1. The smallest absolute Gasteiger partial charge is 0.239 e. The number of benzene rings is 2. The summed E-state index contributed by atoms with van der Waals surface area (Å²) in [5.41, 5.74) is -1.23. The predicted molar refractivity (Wildman–Crippen MR) is 171 cm³/mol. The van der Waals surface area contributed by atoms with Crippen LogP contribution in [-0.4, -0.2) is 167 Å². The molecule has 53 heavy (non-hydrogen) atoms. The van der Waals surface area contributed by atoms with Crippen LogP contribution >= 0.6 is 0 Å². The lowest BCUT2D eigenvalue weighted by atomic mass is 9.98. The van der Waals surface area contributed by atoms with Crippen molar-refractivity contribution in [2.45, 2.75) is 99.0 Å². The monoisotopic (exact) mass is 756 g/mol. The Morgan fingerprint density at radius 3 is 1.87 bits per heavy atom. The van der Waals surface area contributed by atoms with Crippen LogP contribution in [0.4, 0.5) is 0 Å². The van der Waals surface area contributed by atoms with Gasteiger partial charge in [-0.1, -0.05) is 0 Å². The maximum atomic E-state index is 13.9. The summed E-state index contributed by atoms with van der Waals surface area (Å²) in [6, 6.07) is 7.23. The van der Waals surface area contributed by atoms with Gasteiger partial charge in [-0.2, -0.15) is 0 Å². The Bertz CT molecular complexity index is 1780. The third-order valence-corrected chi connectivity index (χ3v) is 9.27. The first-order chi connectivity index (χ1) is 25.1. The molecule has 3 aliphatic heterocycles. The fraction of sp³-hybridized carbons (Fsp3) is 0.545. The number of aliphatic hydroxyl groups is 10. The van der Waals surface area contributed by atoms with Crippen LogP contribution in [0.1, 0.15) is 6.92 Å². The summed E-state index contributed by atoms with van der Waals surface area (Å²) >= 11 is 0. The highest BCUT2D eigenvalue weighted by molar-refractivity contribution is 5.88. The number of phenolic OH excluding ortho intramolecular Hbond substituents is 2. The number of hydrogen-bond donors (Lipinski definition) is 12. The van der Waals surface area contributed by atoms with Crippen molar-refractivity contribution in [1.29, 1.82) is 0 Å². The molecule has 0 bridgehead atoms. The molecule has 2 aromatic carbocycles. The second kappa shape index (κ2) is 15.6. The Labute approximate surface area is 298 Å². The minimum absolute atomic E-state index is 0.0356. The van der Waals surface area contributed by atoms with E-state index in [1.54, 1.807) is 0 Å². The maximum Gasteiger partial charge on any atom is 0.239 e. The average Bonchev–Trinajstić information content (AvgIpc) is 3.13. The quantitative estimate of drug-likeness (QED) is 0.0992. The molecule has 292 valence electrons. The van der Waals surface area contributed by atoms with Gasteiger partial charge < -0.3 is 94.1 Å². The molecule has 0 spiro atoms. The van der Waals surface area contributed by atoms with E-state index < -0.39 is 133 Å². The van der Waals surface area contributed by atoms with Crippen molar-refractivity contribution in [2.75, 3.05) is 13.2 Å². The van der Waals surface area contributed by atoms with Crippen LogP contribution in [0, 0.1) is 0 Å². The van der Waals surface area contributed by atoms with Crippen molar-refractivity contribution >= 4 is 11.0 Å². The first-order valence-electron chi connectivity index (χ1n) is 16.4. The minimum Gasteiger partial charge on any atom is -0.508 e. The minimum atomic E-state index is -2.00. The highest BCUT2D eigenvalue weighted by Gasteiger charge is 2.48. The van der Waals surface area contributed by atoms with Crippen molar-refractivity contribution in [3.05, 3.63) is 46.6 Å².